The first-order valence-electron chi connectivity index (χ1n) is 3.11. The van der Waals surface area contributed by atoms with Gasteiger partial charge in [-0.1, -0.05) is 13.8 Å². The number of halogens is 2. The lowest BCUT2D eigenvalue weighted by Crippen LogP contribution is -2.30. The van der Waals surface area contributed by atoms with E-state index in [4.69, 9.17) is 28.4 Å². The number of hydrogen-bond acceptors (Lipinski definition) is 2. The minimum atomic E-state index is -0.625. The summed E-state index contributed by atoms with van der Waals surface area (Å²) >= 11 is 11.1. The summed E-state index contributed by atoms with van der Waals surface area (Å²) in [6.45, 7) is 3.49. The van der Waals surface area contributed by atoms with Crippen LogP contribution in [0.1, 0.15) is 20.3 Å². The molecule has 0 aliphatic rings. The van der Waals surface area contributed by atoms with Gasteiger partial charge in [0.05, 0.1) is 0 Å². The highest BCUT2D eigenvalue weighted by Gasteiger charge is 2.28. The van der Waals surface area contributed by atoms with E-state index in [2.05, 4.69) is 0 Å². The van der Waals surface area contributed by atoms with Gasteiger partial charge >= 0.3 is 0 Å². The number of alkyl halides is 2. The molecule has 0 fully saturated rings. The van der Waals surface area contributed by atoms with E-state index < -0.39 is 16.2 Å². The summed E-state index contributed by atoms with van der Waals surface area (Å²) in [4.78, 5) is 10.0. The molecular formula is C6H11Cl2NO2. The number of hydrogen-bond donors (Lipinski definition) is 2. The van der Waals surface area contributed by atoms with Gasteiger partial charge in [-0.15, -0.1) is 23.2 Å². The molecule has 0 heterocycles. The van der Waals surface area contributed by atoms with Gasteiger partial charge in [0.2, 0.25) is 5.91 Å². The van der Waals surface area contributed by atoms with E-state index in [9.17, 15) is 4.79 Å². The van der Waals surface area contributed by atoms with Crippen LogP contribution < -0.4 is 5.48 Å². The van der Waals surface area contributed by atoms with E-state index in [1.54, 1.807) is 13.8 Å². The number of nitrogens with one attached hydrogen (secondary N) is 1. The molecule has 0 rings (SSSR count). The maximum atomic E-state index is 10.7. The fourth-order valence-electron chi connectivity index (χ4n) is 0.530. The third-order valence-corrected chi connectivity index (χ3v) is 2.51. The van der Waals surface area contributed by atoms with E-state index >= 15 is 0 Å². The minimum Gasteiger partial charge on any atom is -0.289 e. The van der Waals surface area contributed by atoms with Crippen LogP contribution in [0.2, 0.25) is 0 Å². The Morgan fingerprint density at radius 3 is 2.36 bits per heavy atom. The molecule has 0 aromatic carbocycles. The van der Waals surface area contributed by atoms with Crippen molar-refractivity contribution < 1.29 is 10.0 Å². The van der Waals surface area contributed by atoms with E-state index in [-0.39, 0.29) is 6.42 Å². The lowest BCUT2D eigenvalue weighted by molar-refractivity contribution is -0.131. The fraction of sp³-hybridized carbons (Fsp3) is 0.833. The Morgan fingerprint density at radius 2 is 2.09 bits per heavy atom. The van der Waals surface area contributed by atoms with Gasteiger partial charge < -0.3 is 0 Å². The molecule has 66 valence electrons. The highest BCUT2D eigenvalue weighted by molar-refractivity contribution is 6.44. The summed E-state index contributed by atoms with van der Waals surface area (Å²) in [5, 5.41) is 8.19. The van der Waals surface area contributed by atoms with Crippen molar-refractivity contribution in [2.24, 2.45) is 5.41 Å². The second-order valence-electron chi connectivity index (χ2n) is 3.00. The van der Waals surface area contributed by atoms with Crippen molar-refractivity contribution in [1.82, 2.24) is 5.48 Å². The maximum absolute atomic E-state index is 10.7. The van der Waals surface area contributed by atoms with Crippen LogP contribution in [0.3, 0.4) is 0 Å². The Kier molecular flexibility index (Phi) is 4.14. The molecule has 0 unspecified atom stereocenters. The standard InChI is InChI=1S/C6H11Cl2NO2/c1-6(2,5(7)8)3-4(10)9-11/h5,11H,3H2,1-2H3,(H,9,10). The molecule has 0 atom stereocenters. The smallest absolute Gasteiger partial charge is 0.243 e. The van der Waals surface area contributed by atoms with Gasteiger partial charge in [0.15, 0.2) is 0 Å². The van der Waals surface area contributed by atoms with Crippen molar-refractivity contribution in [3.63, 3.8) is 0 Å². The zero-order valence-electron chi connectivity index (χ0n) is 6.40. The second-order valence-corrected chi connectivity index (χ2v) is 4.10. The van der Waals surface area contributed by atoms with E-state index in [0.717, 1.165) is 0 Å². The summed E-state index contributed by atoms with van der Waals surface area (Å²) in [6.07, 6.45) is 0.0984. The molecular weight excluding hydrogens is 189 g/mol. The first-order chi connectivity index (χ1) is 4.90. The number of rotatable bonds is 3. The normalized spacial score (nSPS) is 11.8. The van der Waals surface area contributed by atoms with Crippen LogP contribution >= 0.6 is 23.2 Å². The van der Waals surface area contributed by atoms with Gasteiger partial charge in [0, 0.05) is 11.8 Å². The number of carbonyl (C=O) groups is 1. The molecule has 0 aromatic rings. The van der Waals surface area contributed by atoms with Crippen molar-refractivity contribution in [1.29, 1.82) is 0 Å². The minimum absolute atomic E-state index is 0.0984. The van der Waals surface area contributed by atoms with Crippen LogP contribution in [0, 0.1) is 5.41 Å². The monoisotopic (exact) mass is 199 g/mol. The van der Waals surface area contributed by atoms with Gasteiger partial charge in [0.25, 0.3) is 0 Å². The molecule has 0 bridgehead atoms. The first-order valence-corrected chi connectivity index (χ1v) is 3.98. The summed E-state index contributed by atoms with van der Waals surface area (Å²) in [7, 11) is 0. The molecule has 1 amide bonds. The molecule has 0 saturated heterocycles. The van der Waals surface area contributed by atoms with Crippen LogP contribution in [-0.2, 0) is 4.79 Å². The summed E-state index contributed by atoms with van der Waals surface area (Å²) in [5.74, 6) is -0.485. The average molecular weight is 200 g/mol. The summed E-state index contributed by atoms with van der Waals surface area (Å²) < 4.78 is 0. The van der Waals surface area contributed by atoms with Crippen molar-refractivity contribution >= 4 is 29.1 Å². The Hall–Kier alpha value is 0.01000. The van der Waals surface area contributed by atoms with Crippen molar-refractivity contribution in [3.05, 3.63) is 0 Å². The SMILES string of the molecule is CC(C)(CC(=O)NO)C(Cl)Cl. The van der Waals surface area contributed by atoms with Crippen molar-refractivity contribution in [2.75, 3.05) is 0 Å². The molecule has 0 aliphatic carbocycles. The van der Waals surface area contributed by atoms with E-state index in [1.807, 2.05) is 0 Å². The largest absolute Gasteiger partial charge is 0.289 e. The Bertz CT molecular complexity index is 148. The molecule has 5 heteroatoms. The maximum Gasteiger partial charge on any atom is 0.243 e. The van der Waals surface area contributed by atoms with Crippen LogP contribution in [0.5, 0.6) is 0 Å². The quantitative estimate of drug-likeness (QED) is 0.414. The van der Waals surface area contributed by atoms with E-state index in [1.165, 1.54) is 5.48 Å². The molecule has 0 radical (unpaired) electrons. The highest BCUT2D eigenvalue weighted by atomic mass is 35.5. The lowest BCUT2D eigenvalue weighted by Gasteiger charge is -2.24. The molecule has 0 saturated carbocycles. The van der Waals surface area contributed by atoms with Crippen LogP contribution in [0.4, 0.5) is 0 Å². The van der Waals surface area contributed by atoms with Gasteiger partial charge in [-0.2, -0.15) is 0 Å². The molecule has 2 N–H and O–H groups in total. The van der Waals surface area contributed by atoms with Crippen LogP contribution in [-0.4, -0.2) is 16.0 Å². The fourth-order valence-corrected chi connectivity index (χ4v) is 0.685. The number of carbonyl (C=O) groups excluding carboxylic acids is 1. The summed E-state index contributed by atoms with van der Waals surface area (Å²) in [6, 6.07) is 0. The van der Waals surface area contributed by atoms with Gasteiger partial charge in [-0.25, -0.2) is 5.48 Å². The highest BCUT2D eigenvalue weighted by Crippen LogP contribution is 2.31. The zero-order chi connectivity index (χ0) is 9.07. The number of amides is 1. The average Bonchev–Trinajstić information content (AvgIpc) is 1.86. The first kappa shape index (κ1) is 11.0. The molecule has 0 aliphatic heterocycles. The Balaban J connectivity index is 4.01. The summed E-state index contributed by atoms with van der Waals surface area (Å²) in [5.41, 5.74) is 1.00. The number of hydroxylamine groups is 1. The van der Waals surface area contributed by atoms with Gasteiger partial charge in [0.1, 0.15) is 4.84 Å². The van der Waals surface area contributed by atoms with Gasteiger partial charge in [-0.3, -0.25) is 10.0 Å². The molecule has 11 heavy (non-hydrogen) atoms. The molecule has 0 aromatic heterocycles. The predicted octanol–water partition coefficient (Wildman–Crippen LogP) is 1.71. The van der Waals surface area contributed by atoms with Crippen LogP contribution in [0.25, 0.3) is 0 Å². The second kappa shape index (κ2) is 4.14. The zero-order valence-corrected chi connectivity index (χ0v) is 7.91. The predicted molar refractivity (Wildman–Crippen MR) is 43.8 cm³/mol. The molecule has 3 nitrogen and oxygen atoms in total. The van der Waals surface area contributed by atoms with Crippen molar-refractivity contribution in [3.8, 4) is 0 Å². The topological polar surface area (TPSA) is 49.3 Å². The third kappa shape index (κ3) is 3.79. The van der Waals surface area contributed by atoms with Gasteiger partial charge in [-0.05, 0) is 0 Å². The Morgan fingerprint density at radius 1 is 1.64 bits per heavy atom. The lowest BCUT2D eigenvalue weighted by atomic mass is 9.91. The third-order valence-electron chi connectivity index (χ3n) is 1.33. The van der Waals surface area contributed by atoms with E-state index in [0.29, 0.717) is 0 Å². The van der Waals surface area contributed by atoms with Crippen molar-refractivity contribution in [2.45, 2.75) is 25.1 Å². The Labute approximate surface area is 75.6 Å². The molecule has 0 spiro atoms. The van der Waals surface area contributed by atoms with Crippen LogP contribution in [0.15, 0.2) is 0 Å².